The molecular weight excluding hydrogens is 364 g/mol. The lowest BCUT2D eigenvalue weighted by Gasteiger charge is -2.35. The summed E-state index contributed by atoms with van der Waals surface area (Å²) in [5.74, 6) is 0.839. The van der Waals surface area contributed by atoms with Gasteiger partial charge in [-0.25, -0.2) is 0 Å². The van der Waals surface area contributed by atoms with Gasteiger partial charge in [0.25, 0.3) is 5.91 Å². The Labute approximate surface area is 174 Å². The van der Waals surface area contributed by atoms with Gasteiger partial charge in [-0.3, -0.25) is 9.69 Å². The van der Waals surface area contributed by atoms with E-state index < -0.39 is 0 Å². The van der Waals surface area contributed by atoms with E-state index in [1.54, 1.807) is 6.26 Å². The van der Waals surface area contributed by atoms with Crippen molar-refractivity contribution in [3.05, 3.63) is 54.0 Å². The Morgan fingerprint density at radius 2 is 1.76 bits per heavy atom. The van der Waals surface area contributed by atoms with Crippen molar-refractivity contribution in [1.82, 2.24) is 15.1 Å². The van der Waals surface area contributed by atoms with Crippen LogP contribution in [0.15, 0.2) is 47.1 Å². The molecule has 1 amide bonds. The fourth-order valence-electron chi connectivity index (χ4n) is 3.99. The molecule has 1 aliphatic rings. The number of carbonyl (C=O) groups excluding carboxylic acids is 1. The van der Waals surface area contributed by atoms with Crippen molar-refractivity contribution in [3.8, 4) is 0 Å². The molecule has 0 spiro atoms. The number of furan rings is 1. The number of nitrogens with one attached hydrogen (secondary N) is 1. The van der Waals surface area contributed by atoms with Crippen molar-refractivity contribution in [2.45, 2.75) is 26.8 Å². The van der Waals surface area contributed by atoms with Crippen LogP contribution in [0.25, 0.3) is 0 Å². The smallest absolute Gasteiger partial charge is 0.251 e. The van der Waals surface area contributed by atoms with Crippen molar-refractivity contribution in [1.29, 1.82) is 0 Å². The highest BCUT2D eigenvalue weighted by Crippen LogP contribution is 2.21. The standard InChI is InChI=1S/C23H34N4O2/c1-4-25-13-15-27(16-14-25)20-11-9-19(10-12-20)23(28)24-18-21(26(5-2)6-3)22-8-7-17-29-22/h7-12,17,21H,4-6,13-16,18H2,1-3H3,(H,24,28). The van der Waals surface area contributed by atoms with Crippen LogP contribution in [0.2, 0.25) is 0 Å². The number of likely N-dealkylation sites (N-methyl/N-ethyl adjacent to an activating group) is 2. The molecule has 6 heteroatoms. The number of benzene rings is 1. The van der Waals surface area contributed by atoms with Crippen LogP contribution >= 0.6 is 0 Å². The molecular formula is C23H34N4O2. The first-order chi connectivity index (χ1) is 14.2. The van der Waals surface area contributed by atoms with E-state index in [-0.39, 0.29) is 11.9 Å². The largest absolute Gasteiger partial charge is 0.468 e. The second-order valence-electron chi connectivity index (χ2n) is 7.43. The molecule has 2 heterocycles. The predicted octanol–water partition coefficient (Wildman–Crippen LogP) is 3.23. The molecule has 6 nitrogen and oxygen atoms in total. The van der Waals surface area contributed by atoms with Gasteiger partial charge in [0.15, 0.2) is 0 Å². The first-order valence-electron chi connectivity index (χ1n) is 10.8. The average molecular weight is 399 g/mol. The van der Waals surface area contributed by atoms with Crippen molar-refractivity contribution >= 4 is 11.6 Å². The van der Waals surface area contributed by atoms with Crippen molar-refractivity contribution in [2.24, 2.45) is 0 Å². The van der Waals surface area contributed by atoms with E-state index in [0.717, 1.165) is 51.6 Å². The van der Waals surface area contributed by atoms with Crippen LogP contribution in [0.3, 0.4) is 0 Å². The number of carbonyl (C=O) groups is 1. The SMILES string of the molecule is CCN1CCN(c2ccc(C(=O)NCC(c3ccco3)N(CC)CC)cc2)CC1. The summed E-state index contributed by atoms with van der Waals surface area (Å²) in [6.45, 7) is 14.2. The van der Waals surface area contributed by atoms with Crippen LogP contribution < -0.4 is 10.2 Å². The van der Waals surface area contributed by atoms with Crippen LogP contribution in [0.1, 0.15) is 42.9 Å². The Morgan fingerprint density at radius 3 is 2.31 bits per heavy atom. The summed E-state index contributed by atoms with van der Waals surface area (Å²) in [6, 6.07) is 11.9. The van der Waals surface area contributed by atoms with E-state index >= 15 is 0 Å². The Bertz CT molecular complexity index is 733. The van der Waals surface area contributed by atoms with E-state index in [1.807, 2.05) is 24.3 Å². The minimum Gasteiger partial charge on any atom is -0.468 e. The van der Waals surface area contributed by atoms with Crippen LogP contribution in [0.5, 0.6) is 0 Å². The Balaban J connectivity index is 1.58. The van der Waals surface area contributed by atoms with Gasteiger partial charge in [-0.1, -0.05) is 20.8 Å². The molecule has 1 aliphatic heterocycles. The van der Waals surface area contributed by atoms with Crippen LogP contribution in [0, 0.1) is 0 Å². The molecule has 158 valence electrons. The van der Waals surface area contributed by atoms with E-state index in [1.165, 1.54) is 5.69 Å². The number of nitrogens with zero attached hydrogens (tertiary/aromatic N) is 3. The maximum atomic E-state index is 12.7. The zero-order valence-electron chi connectivity index (χ0n) is 17.9. The van der Waals surface area contributed by atoms with Gasteiger partial charge in [0.2, 0.25) is 0 Å². The minimum atomic E-state index is -0.0453. The summed E-state index contributed by atoms with van der Waals surface area (Å²) in [7, 11) is 0. The monoisotopic (exact) mass is 398 g/mol. The third-order valence-corrected chi connectivity index (χ3v) is 5.89. The molecule has 1 unspecified atom stereocenters. The van der Waals surface area contributed by atoms with Crippen LogP contribution in [0.4, 0.5) is 5.69 Å². The van der Waals surface area contributed by atoms with Gasteiger partial charge in [-0.2, -0.15) is 0 Å². The third kappa shape index (κ3) is 5.40. The second-order valence-corrected chi connectivity index (χ2v) is 7.43. The van der Waals surface area contributed by atoms with Gasteiger partial charge in [-0.15, -0.1) is 0 Å². The molecule has 0 bridgehead atoms. The normalized spacial score (nSPS) is 16.2. The van der Waals surface area contributed by atoms with E-state index in [0.29, 0.717) is 12.1 Å². The molecule has 1 aromatic heterocycles. The first-order valence-corrected chi connectivity index (χ1v) is 10.8. The summed E-state index contributed by atoms with van der Waals surface area (Å²) in [4.78, 5) is 19.8. The third-order valence-electron chi connectivity index (χ3n) is 5.89. The molecule has 1 N–H and O–H groups in total. The lowest BCUT2D eigenvalue weighted by atomic mass is 10.1. The fourth-order valence-corrected chi connectivity index (χ4v) is 3.99. The first kappa shape index (κ1) is 21.4. The maximum Gasteiger partial charge on any atom is 0.251 e. The minimum absolute atomic E-state index is 0.0399. The quantitative estimate of drug-likeness (QED) is 0.703. The number of anilines is 1. The number of piperazine rings is 1. The highest BCUT2D eigenvalue weighted by atomic mass is 16.3. The summed E-state index contributed by atoms with van der Waals surface area (Å²) in [5, 5.41) is 3.09. The summed E-state index contributed by atoms with van der Waals surface area (Å²) >= 11 is 0. The van der Waals surface area contributed by atoms with Gasteiger partial charge in [-0.05, 0) is 56.0 Å². The summed E-state index contributed by atoms with van der Waals surface area (Å²) in [6.07, 6.45) is 1.69. The van der Waals surface area contributed by atoms with Gasteiger partial charge in [0.1, 0.15) is 5.76 Å². The molecule has 0 aliphatic carbocycles. The Morgan fingerprint density at radius 1 is 1.07 bits per heavy atom. The van der Waals surface area contributed by atoms with Gasteiger partial charge in [0, 0.05) is 44.0 Å². The Hall–Kier alpha value is -2.31. The van der Waals surface area contributed by atoms with Crippen LogP contribution in [-0.2, 0) is 0 Å². The lowest BCUT2D eigenvalue weighted by Crippen LogP contribution is -2.46. The van der Waals surface area contributed by atoms with E-state index in [9.17, 15) is 4.79 Å². The predicted molar refractivity (Wildman–Crippen MR) is 117 cm³/mol. The number of hydrogen-bond acceptors (Lipinski definition) is 5. The van der Waals surface area contributed by atoms with Crippen molar-refractivity contribution in [2.75, 3.05) is 57.3 Å². The Kier molecular flexibility index (Phi) is 7.72. The zero-order valence-corrected chi connectivity index (χ0v) is 17.9. The molecule has 0 saturated carbocycles. The molecule has 1 atom stereocenters. The molecule has 0 radical (unpaired) electrons. The molecule has 1 saturated heterocycles. The molecule has 1 aromatic carbocycles. The summed E-state index contributed by atoms with van der Waals surface area (Å²) < 4.78 is 5.61. The highest BCUT2D eigenvalue weighted by Gasteiger charge is 2.22. The van der Waals surface area contributed by atoms with E-state index in [4.69, 9.17) is 4.42 Å². The highest BCUT2D eigenvalue weighted by molar-refractivity contribution is 5.94. The second kappa shape index (κ2) is 10.5. The van der Waals surface area contributed by atoms with Gasteiger partial charge >= 0.3 is 0 Å². The number of amides is 1. The molecule has 3 rings (SSSR count). The zero-order chi connectivity index (χ0) is 20.6. The molecule has 29 heavy (non-hydrogen) atoms. The van der Waals surface area contributed by atoms with Crippen molar-refractivity contribution in [3.63, 3.8) is 0 Å². The van der Waals surface area contributed by atoms with Crippen LogP contribution in [-0.4, -0.2) is 68.1 Å². The fraction of sp³-hybridized carbons (Fsp3) is 0.522. The molecule has 2 aromatic rings. The van der Waals surface area contributed by atoms with Crippen molar-refractivity contribution < 1.29 is 9.21 Å². The maximum absolute atomic E-state index is 12.7. The van der Waals surface area contributed by atoms with Gasteiger partial charge in [0.05, 0.1) is 12.3 Å². The average Bonchev–Trinajstić information content (AvgIpc) is 3.31. The van der Waals surface area contributed by atoms with E-state index in [2.05, 4.69) is 52.9 Å². The number of hydrogen-bond donors (Lipinski definition) is 1. The topological polar surface area (TPSA) is 52.0 Å². The van der Waals surface area contributed by atoms with Gasteiger partial charge < -0.3 is 19.5 Å². The lowest BCUT2D eigenvalue weighted by molar-refractivity contribution is 0.0929. The number of rotatable bonds is 9. The molecule has 1 fully saturated rings. The summed E-state index contributed by atoms with van der Waals surface area (Å²) in [5.41, 5.74) is 1.88.